The van der Waals surface area contributed by atoms with Crippen molar-refractivity contribution in [2.45, 2.75) is 13.8 Å². The third-order valence-electron chi connectivity index (χ3n) is 3.25. The Kier molecular flexibility index (Phi) is 6.06. The number of hydrazine groups is 1. The van der Waals surface area contributed by atoms with Gasteiger partial charge in [0, 0.05) is 5.56 Å². The standard InChI is InChI=1S/C17H16Cl2N2O3/c1-10-4-3-5-11(2)16(10)24-9-15(22)20-21-17(23)12-6-7-13(18)14(19)8-12/h3-8H,9H2,1-2H3,(H,20,22)(H,21,23). The number of carbonyl (C=O) groups is 2. The van der Waals surface area contributed by atoms with Gasteiger partial charge in [-0.3, -0.25) is 20.4 Å². The third-order valence-corrected chi connectivity index (χ3v) is 3.99. The van der Waals surface area contributed by atoms with Crippen LogP contribution in [-0.2, 0) is 4.79 Å². The van der Waals surface area contributed by atoms with Gasteiger partial charge >= 0.3 is 0 Å². The molecule has 0 fully saturated rings. The van der Waals surface area contributed by atoms with Gasteiger partial charge in [-0.05, 0) is 43.2 Å². The van der Waals surface area contributed by atoms with E-state index in [0.29, 0.717) is 10.8 Å². The van der Waals surface area contributed by atoms with E-state index in [4.69, 9.17) is 27.9 Å². The molecule has 0 aliphatic heterocycles. The average molecular weight is 367 g/mol. The van der Waals surface area contributed by atoms with Gasteiger partial charge in [0.1, 0.15) is 5.75 Å². The van der Waals surface area contributed by atoms with Crippen molar-refractivity contribution in [3.05, 3.63) is 63.1 Å². The molecule has 0 atom stereocenters. The molecular formula is C17H16Cl2N2O3. The minimum atomic E-state index is -0.506. The second-order valence-corrected chi connectivity index (χ2v) is 5.96. The van der Waals surface area contributed by atoms with Crippen molar-refractivity contribution in [1.82, 2.24) is 10.9 Å². The summed E-state index contributed by atoms with van der Waals surface area (Å²) >= 11 is 11.6. The number of nitrogens with one attached hydrogen (secondary N) is 2. The Morgan fingerprint density at radius 2 is 1.67 bits per heavy atom. The van der Waals surface area contributed by atoms with Crippen LogP contribution in [0.15, 0.2) is 36.4 Å². The highest BCUT2D eigenvalue weighted by Crippen LogP contribution is 2.23. The van der Waals surface area contributed by atoms with Crippen molar-refractivity contribution in [1.29, 1.82) is 0 Å². The first kappa shape index (κ1) is 18.1. The van der Waals surface area contributed by atoms with Crippen LogP contribution in [0.3, 0.4) is 0 Å². The first-order valence-corrected chi connectivity index (χ1v) is 7.87. The summed E-state index contributed by atoms with van der Waals surface area (Å²) in [7, 11) is 0. The van der Waals surface area contributed by atoms with Crippen LogP contribution in [0.5, 0.6) is 5.75 Å². The summed E-state index contributed by atoms with van der Waals surface area (Å²) in [5.74, 6) is -0.330. The second kappa shape index (κ2) is 8.04. The van der Waals surface area contributed by atoms with Crippen molar-refractivity contribution in [3.8, 4) is 5.75 Å². The topological polar surface area (TPSA) is 67.4 Å². The van der Waals surface area contributed by atoms with E-state index < -0.39 is 11.8 Å². The van der Waals surface area contributed by atoms with Crippen molar-refractivity contribution in [2.75, 3.05) is 6.61 Å². The van der Waals surface area contributed by atoms with E-state index in [1.54, 1.807) is 0 Å². The molecule has 0 aromatic heterocycles. The Balaban J connectivity index is 1.87. The number of ether oxygens (including phenoxy) is 1. The molecule has 0 aliphatic rings. The predicted octanol–water partition coefficient (Wildman–Crippen LogP) is 3.45. The molecule has 5 nitrogen and oxygen atoms in total. The highest BCUT2D eigenvalue weighted by atomic mass is 35.5. The van der Waals surface area contributed by atoms with E-state index in [0.717, 1.165) is 11.1 Å². The molecule has 0 saturated heterocycles. The molecule has 0 bridgehead atoms. The maximum atomic E-state index is 11.9. The van der Waals surface area contributed by atoms with E-state index in [1.807, 2.05) is 32.0 Å². The van der Waals surface area contributed by atoms with Crippen LogP contribution in [0.2, 0.25) is 10.0 Å². The van der Waals surface area contributed by atoms with Crippen LogP contribution in [0, 0.1) is 13.8 Å². The Bertz CT molecular complexity index is 758. The summed E-state index contributed by atoms with van der Waals surface area (Å²) < 4.78 is 5.50. The second-order valence-electron chi connectivity index (χ2n) is 5.14. The number of aryl methyl sites for hydroxylation is 2. The first-order chi connectivity index (χ1) is 11.4. The fraction of sp³-hybridized carbons (Fsp3) is 0.176. The van der Waals surface area contributed by atoms with E-state index in [9.17, 15) is 9.59 Å². The molecule has 24 heavy (non-hydrogen) atoms. The van der Waals surface area contributed by atoms with Gasteiger partial charge in [-0.25, -0.2) is 0 Å². The van der Waals surface area contributed by atoms with E-state index >= 15 is 0 Å². The van der Waals surface area contributed by atoms with Crippen LogP contribution in [0.1, 0.15) is 21.5 Å². The zero-order chi connectivity index (χ0) is 17.7. The number of halogens is 2. The first-order valence-electron chi connectivity index (χ1n) is 7.11. The summed E-state index contributed by atoms with van der Waals surface area (Å²) in [6, 6.07) is 10.1. The molecule has 2 N–H and O–H groups in total. The van der Waals surface area contributed by atoms with Crippen molar-refractivity contribution in [2.24, 2.45) is 0 Å². The van der Waals surface area contributed by atoms with E-state index in [-0.39, 0.29) is 17.2 Å². The van der Waals surface area contributed by atoms with Gasteiger partial charge in [0.25, 0.3) is 11.8 Å². The summed E-state index contributed by atoms with van der Waals surface area (Å²) in [4.78, 5) is 23.7. The third kappa shape index (κ3) is 4.63. The lowest BCUT2D eigenvalue weighted by Gasteiger charge is -2.12. The Morgan fingerprint density at radius 3 is 2.29 bits per heavy atom. The fourth-order valence-electron chi connectivity index (χ4n) is 2.04. The largest absolute Gasteiger partial charge is 0.483 e. The van der Waals surface area contributed by atoms with Gasteiger partial charge in [0.15, 0.2) is 6.61 Å². The number of benzene rings is 2. The maximum absolute atomic E-state index is 11.9. The van der Waals surface area contributed by atoms with Gasteiger partial charge in [0.05, 0.1) is 10.0 Å². The Morgan fingerprint density at radius 1 is 1.00 bits per heavy atom. The number of hydrogen-bond donors (Lipinski definition) is 2. The molecule has 2 aromatic rings. The van der Waals surface area contributed by atoms with Crippen LogP contribution in [0.25, 0.3) is 0 Å². The lowest BCUT2D eigenvalue weighted by molar-refractivity contribution is -0.123. The van der Waals surface area contributed by atoms with Crippen LogP contribution in [0.4, 0.5) is 0 Å². The van der Waals surface area contributed by atoms with Crippen LogP contribution in [-0.4, -0.2) is 18.4 Å². The quantitative estimate of drug-likeness (QED) is 0.814. The lowest BCUT2D eigenvalue weighted by Crippen LogP contribution is -2.43. The average Bonchev–Trinajstić information content (AvgIpc) is 2.54. The summed E-state index contributed by atoms with van der Waals surface area (Å²) in [6.45, 7) is 3.58. The number of hydrogen-bond acceptors (Lipinski definition) is 3. The van der Waals surface area contributed by atoms with E-state index in [2.05, 4.69) is 10.9 Å². The van der Waals surface area contributed by atoms with Crippen LogP contribution < -0.4 is 15.6 Å². The zero-order valence-electron chi connectivity index (χ0n) is 13.2. The fourth-order valence-corrected chi connectivity index (χ4v) is 2.33. The SMILES string of the molecule is Cc1cccc(C)c1OCC(=O)NNC(=O)c1ccc(Cl)c(Cl)c1. The van der Waals surface area contributed by atoms with Gasteiger partial charge in [-0.2, -0.15) is 0 Å². The summed E-state index contributed by atoms with van der Waals surface area (Å²) in [5.41, 5.74) is 6.72. The molecule has 7 heteroatoms. The molecule has 0 heterocycles. The smallest absolute Gasteiger partial charge is 0.276 e. The van der Waals surface area contributed by atoms with Gasteiger partial charge in [-0.15, -0.1) is 0 Å². The Labute approximate surface area is 149 Å². The molecule has 0 saturated carbocycles. The lowest BCUT2D eigenvalue weighted by atomic mass is 10.1. The number of rotatable bonds is 4. The zero-order valence-corrected chi connectivity index (χ0v) is 14.7. The van der Waals surface area contributed by atoms with Crippen molar-refractivity contribution in [3.63, 3.8) is 0 Å². The van der Waals surface area contributed by atoms with Crippen LogP contribution >= 0.6 is 23.2 Å². The molecular weight excluding hydrogens is 351 g/mol. The highest BCUT2D eigenvalue weighted by Gasteiger charge is 2.11. The van der Waals surface area contributed by atoms with Gasteiger partial charge in [-0.1, -0.05) is 41.4 Å². The molecule has 0 radical (unpaired) electrons. The highest BCUT2D eigenvalue weighted by molar-refractivity contribution is 6.42. The maximum Gasteiger partial charge on any atom is 0.276 e. The van der Waals surface area contributed by atoms with Crippen molar-refractivity contribution >= 4 is 35.0 Å². The normalized spacial score (nSPS) is 10.2. The molecule has 0 aliphatic carbocycles. The molecule has 0 spiro atoms. The molecule has 0 unspecified atom stereocenters. The number of para-hydroxylation sites is 1. The molecule has 2 rings (SSSR count). The van der Waals surface area contributed by atoms with E-state index in [1.165, 1.54) is 18.2 Å². The number of amides is 2. The Hall–Kier alpha value is -2.24. The number of carbonyl (C=O) groups excluding carboxylic acids is 2. The molecule has 2 aromatic carbocycles. The van der Waals surface area contributed by atoms with Crippen molar-refractivity contribution < 1.29 is 14.3 Å². The minimum Gasteiger partial charge on any atom is -0.483 e. The molecule has 126 valence electrons. The minimum absolute atomic E-state index is 0.215. The monoisotopic (exact) mass is 366 g/mol. The summed E-state index contributed by atoms with van der Waals surface area (Å²) in [6.07, 6.45) is 0. The predicted molar refractivity (Wildman–Crippen MR) is 93.5 cm³/mol. The van der Waals surface area contributed by atoms with Gasteiger partial charge < -0.3 is 4.74 Å². The molecule has 2 amide bonds. The summed E-state index contributed by atoms with van der Waals surface area (Å²) in [5, 5.41) is 0.605. The van der Waals surface area contributed by atoms with Gasteiger partial charge in [0.2, 0.25) is 0 Å².